The van der Waals surface area contributed by atoms with Crippen LogP contribution in [0.3, 0.4) is 0 Å². The summed E-state index contributed by atoms with van der Waals surface area (Å²) in [4.78, 5) is 9.47. The van der Waals surface area contributed by atoms with E-state index in [1.807, 2.05) is 0 Å². The molecule has 0 bridgehead atoms. The van der Waals surface area contributed by atoms with Gasteiger partial charge in [-0.1, -0.05) is 5.92 Å². The molecule has 0 aliphatic carbocycles. The minimum atomic E-state index is 0.152. The van der Waals surface area contributed by atoms with Crippen LogP contribution in [-0.4, -0.2) is 23.6 Å². The topological polar surface area (TPSA) is 81.1 Å². The zero-order chi connectivity index (χ0) is 9.84. The summed E-state index contributed by atoms with van der Waals surface area (Å²) in [5.41, 5.74) is 10.9. The van der Waals surface area contributed by atoms with Gasteiger partial charge in [-0.2, -0.15) is 9.97 Å². The Bertz CT molecular complexity index is 321. The summed E-state index contributed by atoms with van der Waals surface area (Å²) in [6, 6.07) is 1.62. The van der Waals surface area contributed by atoms with Crippen molar-refractivity contribution < 1.29 is 0 Å². The summed E-state index contributed by atoms with van der Waals surface area (Å²) in [5.74, 6) is 3.61. The van der Waals surface area contributed by atoms with Crippen LogP contribution >= 0.6 is 0 Å². The Balaban J connectivity index is 2.95. The Hall–Kier alpha value is -1.96. The molecule has 0 atom stereocenters. The molecule has 1 aromatic rings. The molecule has 0 amide bonds. The zero-order valence-corrected chi connectivity index (χ0v) is 7.36. The van der Waals surface area contributed by atoms with Gasteiger partial charge in [0.05, 0.1) is 6.54 Å². The van der Waals surface area contributed by atoms with Crippen LogP contribution in [-0.2, 0) is 0 Å². The lowest BCUT2D eigenvalue weighted by molar-refractivity contribution is 0.996. The average Bonchev–Trinajstić information content (AvgIpc) is 2.03. The highest BCUT2D eigenvalue weighted by Gasteiger charge is 2.03. The van der Waals surface area contributed by atoms with E-state index < -0.39 is 0 Å². The highest BCUT2D eigenvalue weighted by molar-refractivity contribution is 5.50. The standard InChI is InChI=1S/C8H11N5/c1-3-4-13(2)7-5-6(9)11-8(10)12-7/h1,5H,4H2,2H3,(H4,9,10,11,12). The Morgan fingerprint density at radius 2 is 2.23 bits per heavy atom. The molecule has 0 radical (unpaired) electrons. The fourth-order valence-electron chi connectivity index (χ4n) is 0.885. The molecule has 5 nitrogen and oxygen atoms in total. The number of nitrogen functional groups attached to an aromatic ring is 2. The summed E-state index contributed by atoms with van der Waals surface area (Å²) in [7, 11) is 1.81. The van der Waals surface area contributed by atoms with Gasteiger partial charge in [-0.05, 0) is 0 Å². The van der Waals surface area contributed by atoms with Crippen molar-refractivity contribution in [1.29, 1.82) is 0 Å². The first-order valence-electron chi connectivity index (χ1n) is 3.68. The van der Waals surface area contributed by atoms with Crippen LogP contribution in [0.4, 0.5) is 17.6 Å². The molecule has 1 heterocycles. The predicted molar refractivity (Wildman–Crippen MR) is 53.0 cm³/mol. The molecule has 0 saturated heterocycles. The van der Waals surface area contributed by atoms with E-state index in [-0.39, 0.29) is 5.95 Å². The molecule has 0 saturated carbocycles. The molecule has 68 valence electrons. The van der Waals surface area contributed by atoms with E-state index in [0.29, 0.717) is 18.2 Å². The third kappa shape index (κ3) is 2.24. The van der Waals surface area contributed by atoms with Crippen molar-refractivity contribution >= 4 is 17.6 Å². The second-order valence-corrected chi connectivity index (χ2v) is 2.57. The lowest BCUT2D eigenvalue weighted by atomic mass is 10.4. The molecule has 1 rings (SSSR count). The summed E-state index contributed by atoms with van der Waals surface area (Å²) in [5, 5.41) is 0. The Kier molecular flexibility index (Phi) is 2.55. The van der Waals surface area contributed by atoms with Crippen molar-refractivity contribution in [2.75, 3.05) is 30.0 Å². The highest BCUT2D eigenvalue weighted by atomic mass is 15.2. The van der Waals surface area contributed by atoms with Crippen molar-refractivity contribution in [2.45, 2.75) is 0 Å². The molecule has 0 aliphatic rings. The summed E-state index contributed by atoms with van der Waals surface area (Å²) in [6.07, 6.45) is 5.15. The highest BCUT2D eigenvalue weighted by Crippen LogP contribution is 2.12. The molecule has 0 unspecified atom stereocenters. The second-order valence-electron chi connectivity index (χ2n) is 2.57. The van der Waals surface area contributed by atoms with Gasteiger partial charge in [0.2, 0.25) is 5.95 Å². The van der Waals surface area contributed by atoms with Gasteiger partial charge in [-0.3, -0.25) is 0 Å². The van der Waals surface area contributed by atoms with Gasteiger partial charge >= 0.3 is 0 Å². The number of rotatable bonds is 2. The van der Waals surface area contributed by atoms with Crippen molar-refractivity contribution in [1.82, 2.24) is 9.97 Å². The number of nitrogens with zero attached hydrogens (tertiary/aromatic N) is 3. The third-order valence-electron chi connectivity index (χ3n) is 1.47. The monoisotopic (exact) mass is 177 g/mol. The van der Waals surface area contributed by atoms with Crippen molar-refractivity contribution in [3.63, 3.8) is 0 Å². The van der Waals surface area contributed by atoms with Crippen molar-refractivity contribution in [3.8, 4) is 12.3 Å². The predicted octanol–water partition coefficient (Wildman–Crippen LogP) is -0.290. The molecular formula is C8H11N5. The SMILES string of the molecule is C#CCN(C)c1cc(N)nc(N)n1. The molecule has 5 heteroatoms. The van der Waals surface area contributed by atoms with Gasteiger partial charge in [0.15, 0.2) is 0 Å². The molecule has 0 aliphatic heterocycles. The summed E-state index contributed by atoms with van der Waals surface area (Å²) < 4.78 is 0. The van der Waals surface area contributed by atoms with Crippen LogP contribution in [0.1, 0.15) is 0 Å². The maximum absolute atomic E-state index is 5.48. The zero-order valence-electron chi connectivity index (χ0n) is 7.36. The number of hydrogen-bond donors (Lipinski definition) is 2. The quantitative estimate of drug-likeness (QED) is 0.607. The lowest BCUT2D eigenvalue weighted by Crippen LogP contribution is -2.19. The van der Waals surface area contributed by atoms with Crippen LogP contribution in [0.2, 0.25) is 0 Å². The van der Waals surface area contributed by atoms with Crippen LogP contribution < -0.4 is 16.4 Å². The summed E-state index contributed by atoms with van der Waals surface area (Å²) in [6.45, 7) is 0.454. The van der Waals surface area contributed by atoms with Gasteiger partial charge in [0, 0.05) is 13.1 Å². The minimum absolute atomic E-state index is 0.152. The number of anilines is 3. The fourth-order valence-corrected chi connectivity index (χ4v) is 0.885. The van der Waals surface area contributed by atoms with Crippen LogP contribution in [0.5, 0.6) is 0 Å². The number of aromatic nitrogens is 2. The van der Waals surface area contributed by atoms with Gasteiger partial charge in [0.25, 0.3) is 0 Å². The van der Waals surface area contributed by atoms with Crippen LogP contribution in [0, 0.1) is 12.3 Å². The van der Waals surface area contributed by atoms with Crippen molar-refractivity contribution in [3.05, 3.63) is 6.07 Å². The summed E-state index contributed by atoms with van der Waals surface area (Å²) >= 11 is 0. The Morgan fingerprint density at radius 1 is 1.54 bits per heavy atom. The number of terminal acetylenes is 1. The van der Waals surface area contributed by atoms with E-state index in [2.05, 4.69) is 15.9 Å². The number of nitrogens with two attached hydrogens (primary N) is 2. The van der Waals surface area contributed by atoms with E-state index in [1.165, 1.54) is 0 Å². The molecule has 0 fully saturated rings. The maximum atomic E-state index is 5.48. The molecule has 4 N–H and O–H groups in total. The molecule has 0 spiro atoms. The average molecular weight is 177 g/mol. The van der Waals surface area contributed by atoms with Crippen molar-refractivity contribution in [2.24, 2.45) is 0 Å². The first-order valence-corrected chi connectivity index (χ1v) is 3.68. The first kappa shape index (κ1) is 9.13. The minimum Gasteiger partial charge on any atom is -0.383 e. The van der Waals surface area contributed by atoms with Gasteiger partial charge in [-0.25, -0.2) is 0 Å². The fraction of sp³-hybridized carbons (Fsp3) is 0.250. The Labute approximate surface area is 76.8 Å². The smallest absolute Gasteiger partial charge is 0.223 e. The van der Waals surface area contributed by atoms with E-state index >= 15 is 0 Å². The van der Waals surface area contributed by atoms with Crippen LogP contribution in [0.15, 0.2) is 6.07 Å². The molecule has 1 aromatic heterocycles. The van der Waals surface area contributed by atoms with Crippen LogP contribution in [0.25, 0.3) is 0 Å². The normalized spacial score (nSPS) is 9.23. The Morgan fingerprint density at radius 3 is 2.77 bits per heavy atom. The van der Waals surface area contributed by atoms with E-state index in [4.69, 9.17) is 17.9 Å². The third-order valence-corrected chi connectivity index (χ3v) is 1.47. The van der Waals surface area contributed by atoms with E-state index in [9.17, 15) is 0 Å². The first-order chi connectivity index (χ1) is 6.13. The molecular weight excluding hydrogens is 166 g/mol. The number of hydrogen-bond acceptors (Lipinski definition) is 5. The van der Waals surface area contributed by atoms with E-state index in [0.717, 1.165) is 0 Å². The van der Waals surface area contributed by atoms with Gasteiger partial charge < -0.3 is 16.4 Å². The lowest BCUT2D eigenvalue weighted by Gasteiger charge is -2.14. The maximum Gasteiger partial charge on any atom is 0.223 e. The molecule has 0 aromatic carbocycles. The van der Waals surface area contributed by atoms with E-state index in [1.54, 1.807) is 18.0 Å². The van der Waals surface area contributed by atoms with Gasteiger partial charge in [-0.15, -0.1) is 6.42 Å². The molecule has 13 heavy (non-hydrogen) atoms. The second kappa shape index (κ2) is 3.63. The largest absolute Gasteiger partial charge is 0.383 e. The van der Waals surface area contributed by atoms with Gasteiger partial charge in [0.1, 0.15) is 11.6 Å².